The Bertz CT molecular complexity index is 1150. The average Bonchev–Trinajstić information content (AvgIpc) is 3.26. The van der Waals surface area contributed by atoms with Crippen molar-refractivity contribution >= 4 is 33.8 Å². The van der Waals surface area contributed by atoms with Gasteiger partial charge in [0.15, 0.2) is 0 Å². The van der Waals surface area contributed by atoms with E-state index >= 15 is 0 Å². The molecule has 146 valence electrons. The van der Waals surface area contributed by atoms with E-state index in [-0.39, 0.29) is 11.4 Å². The summed E-state index contributed by atoms with van der Waals surface area (Å²) in [5, 5.41) is 1.79. The molecule has 0 radical (unpaired) electrons. The van der Waals surface area contributed by atoms with Crippen LogP contribution in [0, 0.1) is 6.92 Å². The Morgan fingerprint density at radius 2 is 2.00 bits per heavy atom. The highest BCUT2D eigenvalue weighted by molar-refractivity contribution is 7.15. The third-order valence-electron chi connectivity index (χ3n) is 4.17. The van der Waals surface area contributed by atoms with Gasteiger partial charge in [-0.25, -0.2) is 15.0 Å². The third-order valence-corrected chi connectivity index (χ3v) is 4.98. The zero-order valence-electron chi connectivity index (χ0n) is 15.7. The SMILES string of the molecule is C/C=c1/[nH]c(-c2cnccc2C(F)(F)F)n/c1=C(/C)C(C)=Nc1ncc(C)s1. The first-order valence-electron chi connectivity index (χ1n) is 8.43. The summed E-state index contributed by atoms with van der Waals surface area (Å²) in [6.07, 6.45) is 1.29. The molecule has 0 bridgehead atoms. The largest absolute Gasteiger partial charge is 0.417 e. The summed E-state index contributed by atoms with van der Waals surface area (Å²) in [6, 6.07) is 0.945. The highest BCUT2D eigenvalue weighted by Crippen LogP contribution is 2.34. The van der Waals surface area contributed by atoms with Crippen LogP contribution < -0.4 is 10.7 Å². The van der Waals surface area contributed by atoms with Gasteiger partial charge in [-0.2, -0.15) is 13.2 Å². The van der Waals surface area contributed by atoms with Crippen molar-refractivity contribution in [3.05, 3.63) is 45.8 Å². The molecule has 3 heterocycles. The Morgan fingerprint density at radius 3 is 2.61 bits per heavy atom. The van der Waals surface area contributed by atoms with Gasteiger partial charge in [0.05, 0.1) is 16.3 Å². The molecule has 3 rings (SSSR count). The van der Waals surface area contributed by atoms with E-state index in [0.717, 1.165) is 22.7 Å². The average molecular weight is 405 g/mol. The minimum Gasteiger partial charge on any atom is -0.338 e. The van der Waals surface area contributed by atoms with Crippen molar-refractivity contribution < 1.29 is 13.2 Å². The second-order valence-electron chi connectivity index (χ2n) is 6.13. The first-order chi connectivity index (χ1) is 13.2. The van der Waals surface area contributed by atoms with Crippen LogP contribution in [0.15, 0.2) is 29.6 Å². The summed E-state index contributed by atoms with van der Waals surface area (Å²) in [5.41, 5.74) is 0.563. The fourth-order valence-electron chi connectivity index (χ4n) is 2.63. The molecular formula is C19H18F3N5S. The Morgan fingerprint density at radius 1 is 1.25 bits per heavy atom. The van der Waals surface area contributed by atoms with Crippen molar-refractivity contribution in [2.45, 2.75) is 33.9 Å². The molecule has 0 aromatic carbocycles. The summed E-state index contributed by atoms with van der Waals surface area (Å²) >= 11 is 1.46. The number of aryl methyl sites for hydroxylation is 1. The lowest BCUT2D eigenvalue weighted by Gasteiger charge is -2.09. The number of imidazole rings is 1. The van der Waals surface area contributed by atoms with Crippen LogP contribution in [0.1, 0.15) is 31.2 Å². The first-order valence-corrected chi connectivity index (χ1v) is 9.25. The topological polar surface area (TPSA) is 66.8 Å². The molecule has 0 unspecified atom stereocenters. The lowest BCUT2D eigenvalue weighted by atomic mass is 10.1. The lowest BCUT2D eigenvalue weighted by Crippen LogP contribution is -2.28. The van der Waals surface area contributed by atoms with E-state index in [9.17, 15) is 13.2 Å². The van der Waals surface area contributed by atoms with E-state index in [1.807, 2.05) is 20.8 Å². The minimum atomic E-state index is -4.50. The van der Waals surface area contributed by atoms with Gasteiger partial charge < -0.3 is 4.98 Å². The first kappa shape index (κ1) is 19.9. The number of nitrogens with zero attached hydrogens (tertiary/aromatic N) is 4. The second kappa shape index (κ2) is 7.67. The zero-order valence-corrected chi connectivity index (χ0v) is 16.5. The van der Waals surface area contributed by atoms with Gasteiger partial charge in [-0.05, 0) is 39.3 Å². The van der Waals surface area contributed by atoms with Gasteiger partial charge in [-0.15, -0.1) is 11.3 Å². The van der Waals surface area contributed by atoms with Crippen LogP contribution >= 0.6 is 11.3 Å². The van der Waals surface area contributed by atoms with E-state index in [1.54, 1.807) is 19.2 Å². The van der Waals surface area contributed by atoms with E-state index in [0.29, 0.717) is 21.5 Å². The van der Waals surface area contributed by atoms with Crippen LogP contribution in [0.3, 0.4) is 0 Å². The smallest absolute Gasteiger partial charge is 0.338 e. The molecule has 0 saturated carbocycles. The monoisotopic (exact) mass is 405 g/mol. The van der Waals surface area contributed by atoms with E-state index in [1.165, 1.54) is 17.5 Å². The summed E-state index contributed by atoms with van der Waals surface area (Å²) in [5.74, 6) is 0.112. The molecule has 0 spiro atoms. The number of aromatic nitrogens is 4. The van der Waals surface area contributed by atoms with Crippen LogP contribution in [0.25, 0.3) is 23.0 Å². The molecule has 0 aliphatic carbocycles. The molecule has 3 aromatic heterocycles. The predicted molar refractivity (Wildman–Crippen MR) is 105 cm³/mol. The number of hydrogen-bond acceptors (Lipinski definition) is 5. The van der Waals surface area contributed by atoms with Crippen LogP contribution in [0.4, 0.5) is 18.3 Å². The van der Waals surface area contributed by atoms with Gasteiger partial charge in [0.25, 0.3) is 0 Å². The van der Waals surface area contributed by atoms with E-state index in [4.69, 9.17) is 0 Å². The number of halogens is 3. The van der Waals surface area contributed by atoms with Crippen LogP contribution in [-0.2, 0) is 6.18 Å². The fraction of sp³-hybridized carbons (Fsp3) is 0.263. The number of nitrogens with one attached hydrogen (secondary N) is 1. The molecular weight excluding hydrogens is 387 g/mol. The number of aromatic amines is 1. The summed E-state index contributed by atoms with van der Waals surface area (Å²) < 4.78 is 40.0. The molecule has 0 amide bonds. The molecule has 28 heavy (non-hydrogen) atoms. The van der Waals surface area contributed by atoms with Gasteiger partial charge in [0.1, 0.15) is 5.82 Å². The zero-order chi connectivity index (χ0) is 20.5. The molecule has 3 aromatic rings. The number of rotatable bonds is 3. The van der Waals surface area contributed by atoms with Gasteiger partial charge in [0.2, 0.25) is 5.13 Å². The second-order valence-corrected chi connectivity index (χ2v) is 7.34. The Labute approximate surface area is 163 Å². The highest BCUT2D eigenvalue weighted by Gasteiger charge is 2.34. The van der Waals surface area contributed by atoms with Crippen molar-refractivity contribution in [2.75, 3.05) is 0 Å². The Hall–Kier alpha value is -2.81. The van der Waals surface area contributed by atoms with Crippen molar-refractivity contribution in [1.29, 1.82) is 0 Å². The number of alkyl halides is 3. The molecule has 0 aliphatic rings. The molecule has 9 heteroatoms. The van der Waals surface area contributed by atoms with Crippen molar-refractivity contribution in [1.82, 2.24) is 19.9 Å². The van der Waals surface area contributed by atoms with Crippen LogP contribution in [0.2, 0.25) is 0 Å². The number of pyridine rings is 1. The number of thiazole rings is 1. The molecule has 0 fully saturated rings. The quantitative estimate of drug-likeness (QED) is 0.670. The Kier molecular flexibility index (Phi) is 5.46. The molecule has 1 N–H and O–H groups in total. The summed E-state index contributed by atoms with van der Waals surface area (Å²) in [6.45, 7) is 7.39. The molecule has 5 nitrogen and oxygen atoms in total. The maximum absolute atomic E-state index is 13.3. The van der Waals surface area contributed by atoms with E-state index in [2.05, 4.69) is 24.9 Å². The highest BCUT2D eigenvalue weighted by atomic mass is 32.1. The lowest BCUT2D eigenvalue weighted by molar-refractivity contribution is -0.137. The Balaban J connectivity index is 2.17. The van der Waals surface area contributed by atoms with Crippen LogP contribution in [0.5, 0.6) is 0 Å². The van der Waals surface area contributed by atoms with Gasteiger partial charge in [-0.1, -0.05) is 6.08 Å². The maximum Gasteiger partial charge on any atom is 0.417 e. The van der Waals surface area contributed by atoms with Gasteiger partial charge in [-0.3, -0.25) is 4.98 Å². The number of H-pyrrole nitrogens is 1. The molecule has 0 aliphatic heterocycles. The van der Waals surface area contributed by atoms with Crippen LogP contribution in [-0.4, -0.2) is 25.6 Å². The maximum atomic E-state index is 13.3. The van der Waals surface area contributed by atoms with E-state index < -0.39 is 11.7 Å². The standard InChI is InChI=1S/C19H18F3N5S/c1-5-15-16(11(3)12(4)25-18-24-8-10(2)28-18)27-17(26-15)13-9-23-7-6-14(13)19(20,21)22/h5-9H,1-4H3,(H,26,27)/b15-5+,16-11-,25-12?. The van der Waals surface area contributed by atoms with Crippen molar-refractivity contribution in [3.63, 3.8) is 0 Å². The normalized spacial score (nSPS) is 14.5. The van der Waals surface area contributed by atoms with Crippen molar-refractivity contribution in [3.8, 4) is 11.4 Å². The molecule has 0 atom stereocenters. The summed E-state index contributed by atoms with van der Waals surface area (Å²) in [4.78, 5) is 21.0. The van der Waals surface area contributed by atoms with Gasteiger partial charge >= 0.3 is 6.18 Å². The summed E-state index contributed by atoms with van der Waals surface area (Å²) in [7, 11) is 0. The molecule has 0 saturated heterocycles. The predicted octanol–water partition coefficient (Wildman–Crippen LogP) is 4.02. The van der Waals surface area contributed by atoms with Gasteiger partial charge in [0, 0.05) is 34.7 Å². The third kappa shape index (κ3) is 4.04. The number of hydrogen-bond donors (Lipinski definition) is 1. The number of aliphatic imine (C=N–C) groups is 1. The minimum absolute atomic E-state index is 0.0951. The fourth-order valence-corrected chi connectivity index (χ4v) is 3.31. The van der Waals surface area contributed by atoms with Crippen molar-refractivity contribution in [2.24, 2.45) is 4.99 Å².